The lowest BCUT2D eigenvalue weighted by Crippen LogP contribution is -2.47. The van der Waals surface area contributed by atoms with Gasteiger partial charge in [-0.25, -0.2) is 4.39 Å². The van der Waals surface area contributed by atoms with E-state index in [1.807, 2.05) is 36.4 Å². The second kappa shape index (κ2) is 9.98. The maximum absolute atomic E-state index is 13.6. The third-order valence-corrected chi connectivity index (χ3v) is 4.79. The van der Waals surface area contributed by atoms with E-state index in [1.165, 1.54) is 12.1 Å². The van der Waals surface area contributed by atoms with Crippen LogP contribution in [0.5, 0.6) is 0 Å². The van der Waals surface area contributed by atoms with E-state index in [0.717, 1.165) is 5.56 Å². The van der Waals surface area contributed by atoms with E-state index in [0.29, 0.717) is 22.0 Å². The first-order chi connectivity index (χ1) is 14.0. The Kier molecular flexibility index (Phi) is 7.14. The van der Waals surface area contributed by atoms with Gasteiger partial charge in [0.25, 0.3) is 5.91 Å². The lowest BCUT2D eigenvalue weighted by molar-refractivity contribution is -0.123. The highest BCUT2D eigenvalue weighted by Gasteiger charge is 2.22. The third kappa shape index (κ3) is 6.26. The van der Waals surface area contributed by atoms with E-state index in [2.05, 4.69) is 26.6 Å². The van der Waals surface area contributed by atoms with Gasteiger partial charge < -0.3 is 10.6 Å². The smallest absolute Gasteiger partial charge is 0.251 e. The fraction of sp³-hybridized carbons (Fsp3) is 0.130. The average Bonchev–Trinajstić information content (AvgIpc) is 2.72. The molecule has 0 aliphatic heterocycles. The Labute approximate surface area is 177 Å². The van der Waals surface area contributed by atoms with Gasteiger partial charge in [0.15, 0.2) is 0 Å². The molecule has 0 heterocycles. The van der Waals surface area contributed by atoms with E-state index in [-0.39, 0.29) is 24.2 Å². The Balaban J connectivity index is 1.72. The molecule has 3 aromatic carbocycles. The van der Waals surface area contributed by atoms with Crippen molar-refractivity contribution in [3.8, 4) is 0 Å². The highest BCUT2D eigenvalue weighted by molar-refractivity contribution is 9.10. The molecule has 0 aliphatic carbocycles. The van der Waals surface area contributed by atoms with Crippen molar-refractivity contribution >= 4 is 27.7 Å². The van der Waals surface area contributed by atoms with Gasteiger partial charge in [-0.3, -0.25) is 9.59 Å². The summed E-state index contributed by atoms with van der Waals surface area (Å²) in [7, 11) is 0. The number of carbonyl (C=O) groups is 2. The first-order valence-electron chi connectivity index (χ1n) is 9.14. The third-order valence-electron chi connectivity index (χ3n) is 4.33. The molecule has 3 rings (SSSR count). The molecule has 4 nitrogen and oxygen atoms in total. The predicted octanol–water partition coefficient (Wildman–Crippen LogP) is 4.25. The number of nitrogens with one attached hydrogen (secondary N) is 2. The first kappa shape index (κ1) is 20.7. The maximum Gasteiger partial charge on any atom is 0.251 e. The SMILES string of the molecule is O=C(NC(Cc1ccccc1)C(=O)NCc1cc(F)cc(Br)c1)c1ccccc1. The zero-order valence-electron chi connectivity index (χ0n) is 15.6. The van der Waals surface area contributed by atoms with Crippen LogP contribution in [0.2, 0.25) is 0 Å². The Morgan fingerprint density at radius 2 is 1.55 bits per heavy atom. The van der Waals surface area contributed by atoms with Gasteiger partial charge in [0.05, 0.1) is 0 Å². The molecule has 0 spiro atoms. The largest absolute Gasteiger partial charge is 0.350 e. The van der Waals surface area contributed by atoms with E-state index >= 15 is 0 Å². The molecule has 6 heteroatoms. The summed E-state index contributed by atoms with van der Waals surface area (Å²) in [6, 6.07) is 21.9. The molecular weight excluding hydrogens is 435 g/mol. The summed E-state index contributed by atoms with van der Waals surface area (Å²) in [5, 5.41) is 5.60. The highest BCUT2D eigenvalue weighted by atomic mass is 79.9. The van der Waals surface area contributed by atoms with Crippen molar-refractivity contribution in [1.82, 2.24) is 10.6 Å². The van der Waals surface area contributed by atoms with Crippen LogP contribution >= 0.6 is 15.9 Å². The van der Waals surface area contributed by atoms with Crippen LogP contribution in [0.3, 0.4) is 0 Å². The summed E-state index contributed by atoms with van der Waals surface area (Å²) >= 11 is 3.24. The van der Waals surface area contributed by atoms with Crippen LogP contribution in [0.25, 0.3) is 0 Å². The Morgan fingerprint density at radius 3 is 2.21 bits per heavy atom. The molecule has 0 fully saturated rings. The highest BCUT2D eigenvalue weighted by Crippen LogP contribution is 2.15. The van der Waals surface area contributed by atoms with Gasteiger partial charge in [-0.1, -0.05) is 64.5 Å². The zero-order chi connectivity index (χ0) is 20.6. The summed E-state index contributed by atoms with van der Waals surface area (Å²) in [4.78, 5) is 25.4. The monoisotopic (exact) mass is 454 g/mol. The number of benzene rings is 3. The van der Waals surface area contributed by atoms with E-state index in [1.54, 1.807) is 30.3 Å². The Bertz CT molecular complexity index is 960. The van der Waals surface area contributed by atoms with E-state index < -0.39 is 6.04 Å². The number of rotatable bonds is 7. The molecule has 1 atom stereocenters. The van der Waals surface area contributed by atoms with Gasteiger partial charge >= 0.3 is 0 Å². The van der Waals surface area contributed by atoms with Crippen molar-refractivity contribution < 1.29 is 14.0 Å². The van der Waals surface area contributed by atoms with Crippen LogP contribution in [0.15, 0.2) is 83.3 Å². The minimum atomic E-state index is -0.762. The van der Waals surface area contributed by atoms with Gasteiger partial charge in [-0.15, -0.1) is 0 Å². The van der Waals surface area contributed by atoms with Gasteiger partial charge in [0.2, 0.25) is 5.91 Å². The predicted molar refractivity (Wildman–Crippen MR) is 114 cm³/mol. The van der Waals surface area contributed by atoms with Crippen molar-refractivity contribution in [2.75, 3.05) is 0 Å². The van der Waals surface area contributed by atoms with Gasteiger partial charge in [0.1, 0.15) is 11.9 Å². The second-order valence-corrected chi connectivity index (χ2v) is 7.49. The number of carbonyl (C=O) groups excluding carboxylic acids is 2. The standard InChI is InChI=1S/C23H20BrFN2O2/c24-19-11-17(12-20(25)14-19)15-26-23(29)21(13-16-7-3-1-4-8-16)27-22(28)18-9-5-2-6-10-18/h1-12,14,21H,13,15H2,(H,26,29)(H,27,28). The lowest BCUT2D eigenvalue weighted by Gasteiger charge is -2.19. The van der Waals surface area contributed by atoms with Crippen molar-refractivity contribution in [3.05, 3.63) is 106 Å². The Morgan fingerprint density at radius 1 is 0.897 bits per heavy atom. The molecule has 0 bridgehead atoms. The van der Waals surface area contributed by atoms with E-state index in [4.69, 9.17) is 0 Å². The molecule has 2 N–H and O–H groups in total. The number of amides is 2. The molecule has 0 aliphatic rings. The van der Waals surface area contributed by atoms with Crippen LogP contribution in [0, 0.1) is 5.82 Å². The summed E-state index contributed by atoms with van der Waals surface area (Å²) in [6.07, 6.45) is 0.345. The Hall–Kier alpha value is -2.99. The molecule has 0 saturated heterocycles. The molecule has 3 aromatic rings. The molecule has 29 heavy (non-hydrogen) atoms. The minimum absolute atomic E-state index is 0.154. The van der Waals surface area contributed by atoms with Crippen molar-refractivity contribution in [1.29, 1.82) is 0 Å². The molecule has 1 unspecified atom stereocenters. The summed E-state index contributed by atoms with van der Waals surface area (Å²) < 4.78 is 14.2. The second-order valence-electron chi connectivity index (χ2n) is 6.58. The molecule has 2 amide bonds. The molecule has 0 aromatic heterocycles. The van der Waals surface area contributed by atoms with Crippen LogP contribution < -0.4 is 10.6 Å². The van der Waals surface area contributed by atoms with Crippen LogP contribution in [0.4, 0.5) is 4.39 Å². The normalized spacial score (nSPS) is 11.5. The summed E-state index contributed by atoms with van der Waals surface area (Å²) in [5.41, 5.74) is 2.03. The molecule has 148 valence electrons. The number of halogens is 2. The van der Waals surface area contributed by atoms with Crippen molar-refractivity contribution in [2.45, 2.75) is 19.0 Å². The first-order valence-corrected chi connectivity index (χ1v) is 9.93. The van der Waals surface area contributed by atoms with E-state index in [9.17, 15) is 14.0 Å². The molecular formula is C23H20BrFN2O2. The van der Waals surface area contributed by atoms with Crippen LogP contribution in [-0.4, -0.2) is 17.9 Å². The fourth-order valence-electron chi connectivity index (χ4n) is 2.92. The summed E-state index contributed by atoms with van der Waals surface area (Å²) in [6.45, 7) is 0.154. The molecule has 0 saturated carbocycles. The van der Waals surface area contributed by atoms with Crippen LogP contribution in [-0.2, 0) is 17.8 Å². The van der Waals surface area contributed by atoms with Crippen molar-refractivity contribution in [2.24, 2.45) is 0 Å². The maximum atomic E-state index is 13.6. The minimum Gasteiger partial charge on any atom is -0.350 e. The topological polar surface area (TPSA) is 58.2 Å². The fourth-order valence-corrected chi connectivity index (χ4v) is 3.43. The van der Waals surface area contributed by atoms with Crippen molar-refractivity contribution in [3.63, 3.8) is 0 Å². The number of hydrogen-bond acceptors (Lipinski definition) is 2. The van der Waals surface area contributed by atoms with Crippen LogP contribution in [0.1, 0.15) is 21.5 Å². The summed E-state index contributed by atoms with van der Waals surface area (Å²) in [5.74, 6) is -1.05. The average molecular weight is 455 g/mol. The van der Waals surface area contributed by atoms with Gasteiger partial charge in [0, 0.05) is 23.0 Å². The number of hydrogen-bond donors (Lipinski definition) is 2. The molecule has 0 radical (unpaired) electrons. The van der Waals surface area contributed by atoms with Gasteiger partial charge in [-0.05, 0) is 41.5 Å². The lowest BCUT2D eigenvalue weighted by atomic mass is 10.0. The quantitative estimate of drug-likeness (QED) is 0.560. The zero-order valence-corrected chi connectivity index (χ0v) is 17.2. The van der Waals surface area contributed by atoms with Gasteiger partial charge in [-0.2, -0.15) is 0 Å².